The Balaban J connectivity index is 1.01. The van der Waals surface area contributed by atoms with Crippen LogP contribution in [0.1, 0.15) is 44.5 Å². The third-order valence-corrected chi connectivity index (χ3v) is 16.7. The largest absolute Gasteiger partial charge is 0.294 e. The highest BCUT2D eigenvalue weighted by Gasteiger charge is 2.48. The molecular formula is C72H46N4. The molecule has 11 aromatic carbocycles. The average molecular weight is 967 g/mol. The number of rotatable bonds is 7. The molecule has 354 valence electrons. The van der Waals surface area contributed by atoms with Gasteiger partial charge in [-0.2, -0.15) is 0 Å². The second-order valence-electron chi connectivity index (χ2n) is 20.4. The predicted octanol–water partition coefficient (Wildman–Crippen LogP) is 17.1. The first-order chi connectivity index (χ1) is 37.7. The zero-order valence-electron chi connectivity index (χ0n) is 41.3. The third-order valence-electron chi connectivity index (χ3n) is 16.7. The van der Waals surface area contributed by atoms with Crippen molar-refractivity contribution in [3.63, 3.8) is 0 Å². The van der Waals surface area contributed by atoms with Crippen LogP contribution in [-0.2, 0) is 10.8 Å². The predicted molar refractivity (Wildman–Crippen MR) is 311 cm³/mol. The summed E-state index contributed by atoms with van der Waals surface area (Å²) in [4.78, 5) is 11.3. The molecule has 0 fully saturated rings. The van der Waals surface area contributed by atoms with E-state index in [1.807, 2.05) is 0 Å². The molecule has 0 saturated heterocycles. The van der Waals surface area contributed by atoms with Crippen LogP contribution in [0, 0.1) is 0 Å². The Bertz CT molecular complexity index is 4260. The summed E-state index contributed by atoms with van der Waals surface area (Å²) in [5, 5.41) is 4.68. The molecule has 4 heteroatoms. The molecule has 0 bridgehead atoms. The Labute approximate surface area is 440 Å². The van der Waals surface area contributed by atoms with E-state index in [2.05, 4.69) is 288 Å². The van der Waals surface area contributed by atoms with Crippen LogP contribution >= 0.6 is 0 Å². The van der Waals surface area contributed by atoms with Crippen LogP contribution in [0.15, 0.2) is 279 Å². The van der Waals surface area contributed by atoms with Gasteiger partial charge in [0.05, 0.1) is 32.9 Å². The Kier molecular flexibility index (Phi) is 9.13. The molecule has 76 heavy (non-hydrogen) atoms. The summed E-state index contributed by atoms with van der Waals surface area (Å²) in [6.45, 7) is 0. The van der Waals surface area contributed by atoms with Crippen LogP contribution in [0.3, 0.4) is 0 Å². The summed E-state index contributed by atoms with van der Waals surface area (Å²) in [7, 11) is 0. The van der Waals surface area contributed by atoms with E-state index < -0.39 is 10.8 Å². The monoisotopic (exact) mass is 966 g/mol. The maximum atomic E-state index is 5.63. The van der Waals surface area contributed by atoms with Crippen molar-refractivity contribution in [1.29, 1.82) is 0 Å². The summed E-state index contributed by atoms with van der Waals surface area (Å²) < 4.78 is 4.79. The van der Waals surface area contributed by atoms with Crippen molar-refractivity contribution in [1.82, 2.24) is 19.1 Å². The smallest absolute Gasteiger partial charge is 0.163 e. The van der Waals surface area contributed by atoms with Crippen molar-refractivity contribution in [2.24, 2.45) is 0 Å². The maximum Gasteiger partial charge on any atom is 0.163 e. The molecule has 14 aromatic rings. The molecule has 0 spiro atoms. The van der Waals surface area contributed by atoms with Gasteiger partial charge in [0, 0.05) is 33.2 Å². The van der Waals surface area contributed by atoms with Gasteiger partial charge in [-0.3, -0.25) is 9.13 Å². The first-order valence-electron chi connectivity index (χ1n) is 26.2. The van der Waals surface area contributed by atoms with E-state index >= 15 is 0 Å². The van der Waals surface area contributed by atoms with Crippen molar-refractivity contribution in [2.75, 3.05) is 0 Å². The molecular weight excluding hydrogens is 921 g/mol. The second kappa shape index (κ2) is 16.3. The van der Waals surface area contributed by atoms with Crippen molar-refractivity contribution < 1.29 is 0 Å². The van der Waals surface area contributed by atoms with Gasteiger partial charge in [0.25, 0.3) is 0 Å². The molecule has 0 saturated carbocycles. The Morgan fingerprint density at radius 3 is 1.00 bits per heavy atom. The SMILES string of the molecule is c1ccc(-c2nc(-n3c4ccccc4c4cc5c(cc43)C(c3ccccc3)(c3ccccc3)c3ccccc3-5)cc(-n3c4ccccc4c4cc5c(cc43)C(c3ccccc3)(c3ccccc3)c3ccccc3-5)n2)cc1. The highest BCUT2D eigenvalue weighted by atomic mass is 15.1. The number of fused-ring (bicyclic) bond motifs is 12. The van der Waals surface area contributed by atoms with Crippen molar-refractivity contribution in [3.8, 4) is 45.3 Å². The van der Waals surface area contributed by atoms with Gasteiger partial charge >= 0.3 is 0 Å². The standard InChI is InChI=1S/C72H46N4/c1-6-24-47(25-7-1)70-73-68(75-64-40-22-18-36-54(64)58-42-56-52-34-16-20-38-60(52)71(62(56)44-66(58)75,48-26-8-2-9-27-48)49-28-10-3-11-29-49)46-69(74-70)76-65-41-23-19-37-55(65)59-43-57-53-35-17-21-39-61(53)72(63(57)45-67(59)76,50-30-12-4-13-31-50)51-32-14-5-15-33-51/h1-46H. The summed E-state index contributed by atoms with van der Waals surface area (Å²) in [6, 6.07) is 102. The van der Waals surface area contributed by atoms with Gasteiger partial charge in [-0.15, -0.1) is 0 Å². The fourth-order valence-electron chi connectivity index (χ4n) is 13.7. The van der Waals surface area contributed by atoms with E-state index in [1.165, 1.54) is 88.3 Å². The molecule has 3 aromatic heterocycles. The first-order valence-corrected chi connectivity index (χ1v) is 26.2. The highest BCUT2D eigenvalue weighted by molar-refractivity contribution is 6.13. The zero-order valence-corrected chi connectivity index (χ0v) is 41.3. The van der Waals surface area contributed by atoms with Crippen LogP contribution in [0.25, 0.3) is 88.9 Å². The molecule has 3 heterocycles. The number of aromatic nitrogens is 4. The van der Waals surface area contributed by atoms with Gasteiger partial charge in [0.2, 0.25) is 0 Å². The van der Waals surface area contributed by atoms with E-state index in [0.717, 1.165) is 39.3 Å². The van der Waals surface area contributed by atoms with Crippen LogP contribution in [-0.4, -0.2) is 19.1 Å². The van der Waals surface area contributed by atoms with Crippen LogP contribution in [0.2, 0.25) is 0 Å². The van der Waals surface area contributed by atoms with Crippen molar-refractivity contribution in [2.45, 2.75) is 10.8 Å². The summed E-state index contributed by atoms with van der Waals surface area (Å²) in [5.74, 6) is 2.23. The molecule has 0 atom stereocenters. The minimum atomic E-state index is -0.576. The van der Waals surface area contributed by atoms with Gasteiger partial charge < -0.3 is 0 Å². The molecule has 0 amide bonds. The van der Waals surface area contributed by atoms with E-state index in [-0.39, 0.29) is 0 Å². The van der Waals surface area contributed by atoms with Crippen LogP contribution in [0.4, 0.5) is 0 Å². The van der Waals surface area contributed by atoms with E-state index in [4.69, 9.17) is 9.97 Å². The summed E-state index contributed by atoms with van der Waals surface area (Å²) in [5.41, 5.74) is 19.1. The summed E-state index contributed by atoms with van der Waals surface area (Å²) >= 11 is 0. The minimum absolute atomic E-state index is 0.576. The Morgan fingerprint density at radius 1 is 0.250 bits per heavy atom. The number of para-hydroxylation sites is 2. The van der Waals surface area contributed by atoms with E-state index in [1.54, 1.807) is 0 Å². The fraction of sp³-hybridized carbons (Fsp3) is 0.0278. The van der Waals surface area contributed by atoms with Crippen molar-refractivity contribution in [3.05, 3.63) is 324 Å². The molecule has 2 aliphatic rings. The average Bonchev–Trinajstić information content (AvgIpc) is 4.40. The normalized spacial score (nSPS) is 13.7. The Hall–Kier alpha value is -9.90. The van der Waals surface area contributed by atoms with E-state index in [9.17, 15) is 0 Å². The quantitative estimate of drug-likeness (QED) is 0.160. The number of hydrogen-bond donors (Lipinski definition) is 0. The second-order valence-corrected chi connectivity index (χ2v) is 20.4. The lowest BCUT2D eigenvalue weighted by Crippen LogP contribution is -2.28. The molecule has 0 radical (unpaired) electrons. The number of hydrogen-bond acceptors (Lipinski definition) is 2. The number of nitrogens with zero attached hydrogens (tertiary/aromatic N) is 4. The van der Waals surface area contributed by atoms with Gasteiger partial charge in [-0.1, -0.05) is 237 Å². The fourth-order valence-corrected chi connectivity index (χ4v) is 13.7. The van der Waals surface area contributed by atoms with Gasteiger partial charge in [0.1, 0.15) is 11.6 Å². The molecule has 2 aliphatic carbocycles. The number of benzene rings is 11. The highest BCUT2D eigenvalue weighted by Crippen LogP contribution is 2.59. The van der Waals surface area contributed by atoms with Crippen LogP contribution in [0.5, 0.6) is 0 Å². The lowest BCUT2D eigenvalue weighted by atomic mass is 9.67. The van der Waals surface area contributed by atoms with Gasteiger partial charge in [-0.25, -0.2) is 9.97 Å². The lowest BCUT2D eigenvalue weighted by Gasteiger charge is -2.34. The summed E-state index contributed by atoms with van der Waals surface area (Å²) in [6.07, 6.45) is 0. The Morgan fingerprint density at radius 2 is 0.592 bits per heavy atom. The lowest BCUT2D eigenvalue weighted by molar-refractivity contribution is 0.769. The van der Waals surface area contributed by atoms with Crippen molar-refractivity contribution >= 4 is 43.6 Å². The molecule has 0 unspecified atom stereocenters. The third kappa shape index (κ3) is 5.78. The minimum Gasteiger partial charge on any atom is -0.294 e. The molecule has 16 rings (SSSR count). The van der Waals surface area contributed by atoms with Gasteiger partial charge in [-0.05, 0) is 103 Å². The zero-order chi connectivity index (χ0) is 50.0. The topological polar surface area (TPSA) is 35.6 Å². The molecule has 0 aliphatic heterocycles. The molecule has 0 N–H and O–H groups in total. The van der Waals surface area contributed by atoms with Crippen LogP contribution < -0.4 is 0 Å². The van der Waals surface area contributed by atoms with Gasteiger partial charge in [0.15, 0.2) is 5.82 Å². The molecule has 4 nitrogen and oxygen atoms in total. The first kappa shape index (κ1) is 42.6. The van der Waals surface area contributed by atoms with E-state index in [0.29, 0.717) is 5.82 Å². The maximum absolute atomic E-state index is 5.63.